The number of benzene rings is 1. The molecule has 0 amide bonds. The average Bonchev–Trinajstić information content (AvgIpc) is 2.31. The molecule has 1 saturated heterocycles. The van der Waals surface area contributed by atoms with Gasteiger partial charge in [-0.05, 0) is 49.0 Å². The quantitative estimate of drug-likeness (QED) is 0.571. The van der Waals surface area contributed by atoms with Gasteiger partial charge in [0.05, 0.1) is 15.6 Å². The second-order valence-electron chi connectivity index (χ2n) is 5.05. The number of anilines is 1. The summed E-state index contributed by atoms with van der Waals surface area (Å²) in [6, 6.07) is 3.73. The molecule has 19 heavy (non-hydrogen) atoms. The van der Waals surface area contributed by atoms with Gasteiger partial charge < -0.3 is 4.90 Å². The SMILES string of the molecule is C[C@H]1CCC[C@H](C)N1c1c(Cl)cc([N+](=O)[O-])cc1Br. The predicted octanol–water partition coefficient (Wildman–Crippen LogP) is 4.78. The Morgan fingerprint density at radius 3 is 2.42 bits per heavy atom. The molecule has 1 heterocycles. The lowest BCUT2D eigenvalue weighted by Gasteiger charge is -2.41. The zero-order valence-corrected chi connectivity index (χ0v) is 13.2. The van der Waals surface area contributed by atoms with Crippen LogP contribution in [0.1, 0.15) is 33.1 Å². The molecule has 6 heteroatoms. The standard InChI is InChI=1S/C13H16BrClN2O2/c1-8-4-3-5-9(2)16(8)13-11(14)6-10(17(18)19)7-12(13)15/h6-9H,3-5H2,1-2H3/t8-,9-/m0/s1. The maximum absolute atomic E-state index is 10.8. The number of halogens is 2. The minimum atomic E-state index is -0.427. The molecule has 1 fully saturated rings. The summed E-state index contributed by atoms with van der Waals surface area (Å²) < 4.78 is 0.687. The van der Waals surface area contributed by atoms with Crippen molar-refractivity contribution in [3.8, 4) is 0 Å². The Labute approximate surface area is 126 Å². The maximum Gasteiger partial charge on any atom is 0.272 e. The van der Waals surface area contributed by atoms with Crippen LogP contribution >= 0.6 is 27.5 Å². The predicted molar refractivity (Wildman–Crippen MR) is 81.1 cm³/mol. The van der Waals surface area contributed by atoms with Gasteiger partial charge in [0.25, 0.3) is 5.69 Å². The summed E-state index contributed by atoms with van der Waals surface area (Å²) in [5.41, 5.74) is 0.880. The Bertz CT molecular complexity index is 476. The number of nitro groups is 1. The molecule has 1 aromatic rings. The zero-order chi connectivity index (χ0) is 14.2. The van der Waals surface area contributed by atoms with E-state index in [-0.39, 0.29) is 5.69 Å². The molecule has 2 atom stereocenters. The lowest BCUT2D eigenvalue weighted by molar-refractivity contribution is -0.384. The van der Waals surface area contributed by atoms with Crippen molar-refractivity contribution in [3.63, 3.8) is 0 Å². The van der Waals surface area contributed by atoms with Crippen LogP contribution in [-0.4, -0.2) is 17.0 Å². The van der Waals surface area contributed by atoms with Crippen LogP contribution in [0, 0.1) is 10.1 Å². The average molecular weight is 348 g/mol. The van der Waals surface area contributed by atoms with E-state index < -0.39 is 4.92 Å². The molecule has 0 radical (unpaired) electrons. The molecule has 2 rings (SSSR count). The van der Waals surface area contributed by atoms with Crippen LogP contribution in [0.3, 0.4) is 0 Å². The molecule has 4 nitrogen and oxygen atoms in total. The van der Waals surface area contributed by atoms with Crippen LogP contribution in [-0.2, 0) is 0 Å². The van der Waals surface area contributed by atoms with Crippen molar-refractivity contribution in [2.45, 2.75) is 45.2 Å². The van der Waals surface area contributed by atoms with Crippen molar-refractivity contribution in [2.24, 2.45) is 0 Å². The monoisotopic (exact) mass is 346 g/mol. The number of nitrogens with zero attached hydrogens (tertiary/aromatic N) is 2. The van der Waals surface area contributed by atoms with E-state index in [9.17, 15) is 10.1 Å². The first-order valence-electron chi connectivity index (χ1n) is 6.33. The van der Waals surface area contributed by atoms with Gasteiger partial charge in [-0.3, -0.25) is 10.1 Å². The van der Waals surface area contributed by atoms with E-state index in [1.54, 1.807) is 0 Å². The summed E-state index contributed by atoms with van der Waals surface area (Å²) in [4.78, 5) is 12.7. The smallest absolute Gasteiger partial charge is 0.272 e. The number of hydrogen-bond donors (Lipinski definition) is 0. The second-order valence-corrected chi connectivity index (χ2v) is 6.31. The highest BCUT2D eigenvalue weighted by Gasteiger charge is 2.29. The summed E-state index contributed by atoms with van der Waals surface area (Å²) in [7, 11) is 0. The first kappa shape index (κ1) is 14.6. The van der Waals surface area contributed by atoms with Crippen molar-refractivity contribution in [1.82, 2.24) is 0 Å². The van der Waals surface area contributed by atoms with E-state index in [1.807, 2.05) is 0 Å². The molecule has 0 bridgehead atoms. The fourth-order valence-electron chi connectivity index (χ4n) is 2.77. The van der Waals surface area contributed by atoms with Gasteiger partial charge in [-0.25, -0.2) is 0 Å². The van der Waals surface area contributed by atoms with Gasteiger partial charge in [0.2, 0.25) is 0 Å². The largest absolute Gasteiger partial charge is 0.364 e. The van der Waals surface area contributed by atoms with Crippen molar-refractivity contribution >= 4 is 38.9 Å². The first-order chi connectivity index (χ1) is 8.91. The Hall–Kier alpha value is -0.810. The summed E-state index contributed by atoms with van der Waals surface area (Å²) in [6.07, 6.45) is 3.44. The highest BCUT2D eigenvalue weighted by atomic mass is 79.9. The molecule has 0 aromatic heterocycles. The van der Waals surface area contributed by atoms with E-state index in [1.165, 1.54) is 18.6 Å². The van der Waals surface area contributed by atoms with Crippen LogP contribution in [0.25, 0.3) is 0 Å². The minimum Gasteiger partial charge on any atom is -0.364 e. The molecular weight excluding hydrogens is 332 g/mol. The van der Waals surface area contributed by atoms with Crippen molar-refractivity contribution in [1.29, 1.82) is 0 Å². The van der Waals surface area contributed by atoms with Gasteiger partial charge in [0.1, 0.15) is 0 Å². The third-order valence-electron chi connectivity index (χ3n) is 3.66. The van der Waals surface area contributed by atoms with Crippen molar-refractivity contribution < 1.29 is 4.92 Å². The third-order valence-corrected chi connectivity index (χ3v) is 4.56. The minimum absolute atomic E-state index is 0.0120. The molecule has 1 aliphatic rings. The molecule has 1 aromatic carbocycles. The van der Waals surface area contributed by atoms with E-state index in [2.05, 4.69) is 34.7 Å². The first-order valence-corrected chi connectivity index (χ1v) is 7.50. The Kier molecular flexibility index (Phi) is 4.36. The maximum atomic E-state index is 10.8. The number of rotatable bonds is 2. The number of nitro benzene ring substituents is 1. The molecule has 1 aliphatic heterocycles. The summed E-state index contributed by atoms with van der Waals surface area (Å²) >= 11 is 9.69. The normalized spacial score (nSPS) is 23.5. The van der Waals surface area contributed by atoms with E-state index in [0.717, 1.165) is 18.5 Å². The van der Waals surface area contributed by atoms with E-state index >= 15 is 0 Å². The molecule has 0 saturated carbocycles. The fourth-order valence-corrected chi connectivity index (χ4v) is 3.84. The Morgan fingerprint density at radius 1 is 1.37 bits per heavy atom. The van der Waals surface area contributed by atoms with Crippen LogP contribution in [0.5, 0.6) is 0 Å². The van der Waals surface area contributed by atoms with Gasteiger partial charge in [0, 0.05) is 28.7 Å². The molecular formula is C13H16BrClN2O2. The van der Waals surface area contributed by atoms with Crippen molar-refractivity contribution in [2.75, 3.05) is 4.90 Å². The highest BCUT2D eigenvalue weighted by Crippen LogP contribution is 2.41. The van der Waals surface area contributed by atoms with Gasteiger partial charge in [-0.15, -0.1) is 0 Å². The van der Waals surface area contributed by atoms with Gasteiger partial charge >= 0.3 is 0 Å². The molecule has 104 valence electrons. The summed E-state index contributed by atoms with van der Waals surface area (Å²) in [5, 5.41) is 11.3. The van der Waals surface area contributed by atoms with Crippen LogP contribution in [0.2, 0.25) is 5.02 Å². The molecule has 0 N–H and O–H groups in total. The second kappa shape index (κ2) is 5.67. The van der Waals surface area contributed by atoms with Crippen molar-refractivity contribution in [3.05, 3.63) is 31.7 Å². The Morgan fingerprint density at radius 2 is 1.95 bits per heavy atom. The lowest BCUT2D eigenvalue weighted by Crippen LogP contribution is -2.44. The topological polar surface area (TPSA) is 46.4 Å². The zero-order valence-electron chi connectivity index (χ0n) is 10.9. The lowest BCUT2D eigenvalue weighted by atomic mass is 9.96. The molecule has 0 unspecified atom stereocenters. The van der Waals surface area contributed by atoms with E-state index in [0.29, 0.717) is 21.6 Å². The molecule has 0 spiro atoms. The summed E-state index contributed by atoms with van der Waals surface area (Å²) in [6.45, 7) is 4.33. The Balaban J connectivity index is 2.47. The summed E-state index contributed by atoms with van der Waals surface area (Å²) in [5.74, 6) is 0. The van der Waals surface area contributed by atoms with Crippen LogP contribution < -0.4 is 4.90 Å². The number of hydrogen-bond acceptors (Lipinski definition) is 3. The van der Waals surface area contributed by atoms with Crippen LogP contribution in [0.4, 0.5) is 11.4 Å². The fraction of sp³-hybridized carbons (Fsp3) is 0.538. The third kappa shape index (κ3) is 2.87. The van der Waals surface area contributed by atoms with Crippen LogP contribution in [0.15, 0.2) is 16.6 Å². The molecule has 0 aliphatic carbocycles. The van der Waals surface area contributed by atoms with Gasteiger partial charge in [-0.2, -0.15) is 0 Å². The van der Waals surface area contributed by atoms with E-state index in [4.69, 9.17) is 11.6 Å². The van der Waals surface area contributed by atoms with Gasteiger partial charge in [0.15, 0.2) is 0 Å². The highest BCUT2D eigenvalue weighted by molar-refractivity contribution is 9.10. The number of non-ortho nitro benzene ring substituents is 1. The number of piperidine rings is 1. The van der Waals surface area contributed by atoms with Gasteiger partial charge in [-0.1, -0.05) is 11.6 Å².